The molecular weight excluding hydrogens is 329 g/mol. The third-order valence-electron chi connectivity index (χ3n) is 3.98. The molecule has 0 radical (unpaired) electrons. The molecule has 6 nitrogen and oxygen atoms in total. The highest BCUT2D eigenvalue weighted by atomic mass is 19.4. The van der Waals surface area contributed by atoms with E-state index >= 15 is 0 Å². The van der Waals surface area contributed by atoms with Crippen molar-refractivity contribution < 1.29 is 32.6 Å². The SMILES string of the molecule is O=C(c1c(O)cccc1OC(F)(F)F)N1CCN(C2CC2)C(=O)C1. The molecule has 1 heterocycles. The first-order chi connectivity index (χ1) is 11.3. The van der Waals surface area contributed by atoms with E-state index < -0.39 is 29.3 Å². The van der Waals surface area contributed by atoms with Crippen LogP contribution in [0, 0.1) is 0 Å². The number of hydrogen-bond acceptors (Lipinski definition) is 4. The Hall–Kier alpha value is -2.45. The zero-order valence-corrected chi connectivity index (χ0v) is 12.5. The summed E-state index contributed by atoms with van der Waals surface area (Å²) in [5.41, 5.74) is -0.595. The monoisotopic (exact) mass is 344 g/mol. The minimum Gasteiger partial charge on any atom is -0.507 e. The van der Waals surface area contributed by atoms with Gasteiger partial charge in [0.25, 0.3) is 5.91 Å². The van der Waals surface area contributed by atoms with Crippen LogP contribution in [0.15, 0.2) is 18.2 Å². The summed E-state index contributed by atoms with van der Waals surface area (Å²) in [7, 11) is 0. The van der Waals surface area contributed by atoms with Gasteiger partial charge in [0.2, 0.25) is 5.91 Å². The van der Waals surface area contributed by atoms with Crippen molar-refractivity contribution in [2.24, 2.45) is 0 Å². The molecule has 0 bridgehead atoms. The zero-order valence-electron chi connectivity index (χ0n) is 12.5. The number of hydrogen-bond donors (Lipinski definition) is 1. The Morgan fingerprint density at radius 2 is 1.96 bits per heavy atom. The molecule has 1 aromatic rings. The Labute approximate surface area is 135 Å². The Bertz CT molecular complexity index is 673. The van der Waals surface area contributed by atoms with Crippen LogP contribution in [0.1, 0.15) is 23.2 Å². The summed E-state index contributed by atoms with van der Waals surface area (Å²) in [6.45, 7) is 0.300. The number of aromatic hydroxyl groups is 1. The van der Waals surface area contributed by atoms with Crippen molar-refractivity contribution in [3.63, 3.8) is 0 Å². The quantitative estimate of drug-likeness (QED) is 0.907. The number of carbonyl (C=O) groups excluding carboxylic acids is 2. The molecule has 1 aliphatic carbocycles. The normalized spacial score (nSPS) is 18.7. The lowest BCUT2D eigenvalue weighted by molar-refractivity contribution is -0.274. The third-order valence-corrected chi connectivity index (χ3v) is 3.98. The van der Waals surface area contributed by atoms with Crippen LogP contribution < -0.4 is 4.74 Å². The zero-order chi connectivity index (χ0) is 17.5. The number of ether oxygens (including phenoxy) is 1. The van der Waals surface area contributed by atoms with Gasteiger partial charge in [0.15, 0.2) is 0 Å². The molecule has 3 rings (SSSR count). The molecule has 9 heteroatoms. The summed E-state index contributed by atoms with van der Waals surface area (Å²) in [5.74, 6) is -2.52. The molecule has 1 aliphatic heterocycles. The first-order valence-electron chi connectivity index (χ1n) is 7.43. The second kappa shape index (κ2) is 5.88. The van der Waals surface area contributed by atoms with E-state index in [-0.39, 0.29) is 25.0 Å². The fourth-order valence-corrected chi connectivity index (χ4v) is 2.73. The van der Waals surface area contributed by atoms with Gasteiger partial charge in [0.1, 0.15) is 23.6 Å². The largest absolute Gasteiger partial charge is 0.573 e. The molecule has 1 saturated heterocycles. The number of amides is 2. The summed E-state index contributed by atoms with van der Waals surface area (Å²) in [6, 6.07) is 3.40. The molecule has 130 valence electrons. The molecule has 2 aliphatic rings. The highest BCUT2D eigenvalue weighted by molar-refractivity contribution is 6.01. The Morgan fingerprint density at radius 1 is 1.25 bits per heavy atom. The summed E-state index contributed by atoms with van der Waals surface area (Å²) in [5, 5.41) is 9.82. The predicted octanol–water partition coefficient (Wildman–Crippen LogP) is 1.74. The van der Waals surface area contributed by atoms with Crippen LogP contribution in [0.2, 0.25) is 0 Å². The van der Waals surface area contributed by atoms with E-state index in [4.69, 9.17) is 0 Å². The topological polar surface area (TPSA) is 70.1 Å². The molecule has 24 heavy (non-hydrogen) atoms. The van der Waals surface area contributed by atoms with Crippen molar-refractivity contribution in [3.8, 4) is 11.5 Å². The number of carbonyl (C=O) groups is 2. The molecule has 2 fully saturated rings. The molecule has 0 spiro atoms. The van der Waals surface area contributed by atoms with E-state index in [1.165, 1.54) is 0 Å². The lowest BCUT2D eigenvalue weighted by Crippen LogP contribution is -2.53. The smallest absolute Gasteiger partial charge is 0.507 e. The lowest BCUT2D eigenvalue weighted by atomic mass is 10.1. The van der Waals surface area contributed by atoms with Gasteiger partial charge in [-0.25, -0.2) is 0 Å². The molecule has 0 unspecified atom stereocenters. The fraction of sp³-hybridized carbons (Fsp3) is 0.467. The Balaban J connectivity index is 1.81. The van der Waals surface area contributed by atoms with Crippen LogP contribution in [0.25, 0.3) is 0 Å². The highest BCUT2D eigenvalue weighted by Gasteiger charge is 2.39. The van der Waals surface area contributed by atoms with E-state index in [2.05, 4.69) is 4.74 Å². The van der Waals surface area contributed by atoms with Crippen molar-refractivity contribution in [2.75, 3.05) is 19.6 Å². The van der Waals surface area contributed by atoms with Crippen molar-refractivity contribution in [2.45, 2.75) is 25.2 Å². The minimum atomic E-state index is -5.00. The standard InChI is InChI=1S/C15H15F3N2O4/c16-15(17,18)24-11-3-1-2-10(21)13(11)14(23)19-6-7-20(9-4-5-9)12(22)8-19/h1-3,9,21H,4-8H2. The molecule has 0 aromatic heterocycles. The van der Waals surface area contributed by atoms with Crippen LogP contribution in [-0.4, -0.2) is 58.8 Å². The number of rotatable bonds is 3. The molecular formula is C15H15F3N2O4. The van der Waals surface area contributed by atoms with Gasteiger partial charge < -0.3 is 19.6 Å². The van der Waals surface area contributed by atoms with Gasteiger partial charge in [-0.1, -0.05) is 6.07 Å². The summed E-state index contributed by atoms with van der Waals surface area (Å²) >= 11 is 0. The molecule has 1 N–H and O–H groups in total. The highest BCUT2D eigenvalue weighted by Crippen LogP contribution is 2.34. The van der Waals surface area contributed by atoms with Crippen LogP contribution in [0.4, 0.5) is 13.2 Å². The summed E-state index contributed by atoms with van der Waals surface area (Å²) in [6.07, 6.45) is -3.13. The Kier molecular flexibility index (Phi) is 4.02. The van der Waals surface area contributed by atoms with E-state index in [1.54, 1.807) is 4.90 Å². The van der Waals surface area contributed by atoms with Crippen LogP contribution in [0.3, 0.4) is 0 Å². The second-order valence-corrected chi connectivity index (χ2v) is 5.74. The number of halogens is 3. The maximum absolute atomic E-state index is 12.5. The Morgan fingerprint density at radius 3 is 2.54 bits per heavy atom. The number of nitrogens with zero attached hydrogens (tertiary/aromatic N) is 2. The molecule has 1 saturated carbocycles. The van der Waals surface area contributed by atoms with Gasteiger partial charge in [-0.3, -0.25) is 9.59 Å². The fourth-order valence-electron chi connectivity index (χ4n) is 2.73. The van der Waals surface area contributed by atoms with Gasteiger partial charge in [0.05, 0.1) is 0 Å². The average molecular weight is 344 g/mol. The van der Waals surface area contributed by atoms with Crippen molar-refractivity contribution in [1.29, 1.82) is 0 Å². The van der Waals surface area contributed by atoms with E-state index in [9.17, 15) is 27.9 Å². The first kappa shape index (κ1) is 16.4. The predicted molar refractivity (Wildman–Crippen MR) is 75.4 cm³/mol. The van der Waals surface area contributed by atoms with Gasteiger partial charge in [-0.15, -0.1) is 13.2 Å². The maximum atomic E-state index is 12.5. The van der Waals surface area contributed by atoms with Crippen molar-refractivity contribution >= 4 is 11.8 Å². The maximum Gasteiger partial charge on any atom is 0.573 e. The second-order valence-electron chi connectivity index (χ2n) is 5.74. The summed E-state index contributed by atoms with van der Waals surface area (Å²) in [4.78, 5) is 27.4. The number of alkyl halides is 3. The molecule has 2 amide bonds. The van der Waals surface area contributed by atoms with E-state index in [0.717, 1.165) is 35.9 Å². The minimum absolute atomic E-state index is 0.195. The van der Waals surface area contributed by atoms with E-state index in [1.807, 2.05) is 0 Å². The lowest BCUT2D eigenvalue weighted by Gasteiger charge is -2.34. The number of phenolic OH excluding ortho intramolecular Hbond substituents is 1. The first-order valence-corrected chi connectivity index (χ1v) is 7.43. The van der Waals surface area contributed by atoms with Crippen molar-refractivity contribution in [3.05, 3.63) is 23.8 Å². The number of benzene rings is 1. The average Bonchev–Trinajstić information content (AvgIpc) is 3.29. The van der Waals surface area contributed by atoms with Gasteiger partial charge in [-0.05, 0) is 25.0 Å². The van der Waals surface area contributed by atoms with Gasteiger partial charge in [-0.2, -0.15) is 0 Å². The third kappa shape index (κ3) is 3.39. The number of piperazine rings is 1. The van der Waals surface area contributed by atoms with Gasteiger partial charge >= 0.3 is 6.36 Å². The van der Waals surface area contributed by atoms with Crippen LogP contribution >= 0.6 is 0 Å². The van der Waals surface area contributed by atoms with Crippen molar-refractivity contribution in [1.82, 2.24) is 9.80 Å². The number of phenols is 1. The molecule has 1 aromatic carbocycles. The van der Waals surface area contributed by atoms with Gasteiger partial charge in [0, 0.05) is 19.1 Å². The van der Waals surface area contributed by atoms with Crippen LogP contribution in [-0.2, 0) is 4.79 Å². The van der Waals surface area contributed by atoms with Crippen LogP contribution in [0.5, 0.6) is 11.5 Å². The van der Waals surface area contributed by atoms with E-state index in [0.29, 0.717) is 6.54 Å². The molecule has 0 atom stereocenters. The summed E-state index contributed by atoms with van der Waals surface area (Å²) < 4.78 is 41.3.